The Hall–Kier alpha value is -1.88. The minimum atomic E-state index is -0.996. The van der Waals surface area contributed by atoms with Crippen LogP contribution in [0, 0.1) is 11.7 Å². The zero-order chi connectivity index (χ0) is 17.3. The van der Waals surface area contributed by atoms with Gasteiger partial charge in [0.1, 0.15) is 11.4 Å². The van der Waals surface area contributed by atoms with Crippen LogP contribution in [-0.4, -0.2) is 20.9 Å². The van der Waals surface area contributed by atoms with Crippen molar-refractivity contribution in [2.45, 2.75) is 40.0 Å². The van der Waals surface area contributed by atoms with Gasteiger partial charge in [-0.05, 0) is 36.5 Å². The molecule has 0 radical (unpaired) electrons. The molecule has 124 valence electrons. The van der Waals surface area contributed by atoms with E-state index in [9.17, 15) is 14.3 Å². The van der Waals surface area contributed by atoms with Crippen molar-refractivity contribution in [1.29, 1.82) is 0 Å². The monoisotopic (exact) mass is 338 g/mol. The van der Waals surface area contributed by atoms with Crippen molar-refractivity contribution in [3.05, 3.63) is 46.0 Å². The van der Waals surface area contributed by atoms with Gasteiger partial charge in [0.25, 0.3) is 0 Å². The third-order valence-electron chi connectivity index (χ3n) is 3.50. The van der Waals surface area contributed by atoms with Gasteiger partial charge in [0.15, 0.2) is 0 Å². The van der Waals surface area contributed by atoms with E-state index >= 15 is 0 Å². The van der Waals surface area contributed by atoms with Gasteiger partial charge >= 0.3 is 5.97 Å². The Labute approximate surface area is 139 Å². The van der Waals surface area contributed by atoms with Gasteiger partial charge in [-0.3, -0.25) is 0 Å². The molecular formula is C17H20ClFN2O2. The summed E-state index contributed by atoms with van der Waals surface area (Å²) in [5.41, 5.74) is 1.92. The van der Waals surface area contributed by atoms with Crippen molar-refractivity contribution in [1.82, 2.24) is 9.78 Å². The van der Waals surface area contributed by atoms with Gasteiger partial charge in [-0.25, -0.2) is 13.9 Å². The molecule has 6 heteroatoms. The van der Waals surface area contributed by atoms with E-state index in [0.717, 1.165) is 0 Å². The van der Waals surface area contributed by atoms with Crippen molar-refractivity contribution in [2.75, 3.05) is 0 Å². The SMILES string of the molecule is CC(C)Cc1nn(-c2ccc(F)c(Cl)c2)c(C(C)C)c1C(=O)O. The maximum Gasteiger partial charge on any atom is 0.339 e. The van der Waals surface area contributed by atoms with Crippen LogP contribution < -0.4 is 0 Å². The predicted molar refractivity (Wildman–Crippen MR) is 88.1 cm³/mol. The number of carbonyl (C=O) groups is 1. The van der Waals surface area contributed by atoms with Crippen LogP contribution in [-0.2, 0) is 6.42 Å². The molecule has 1 heterocycles. The molecule has 0 aliphatic carbocycles. The van der Waals surface area contributed by atoms with E-state index in [1.807, 2.05) is 27.7 Å². The summed E-state index contributed by atoms with van der Waals surface area (Å²) in [7, 11) is 0. The summed E-state index contributed by atoms with van der Waals surface area (Å²) < 4.78 is 15.0. The molecule has 0 aliphatic rings. The van der Waals surface area contributed by atoms with E-state index in [4.69, 9.17) is 11.6 Å². The second kappa shape index (κ2) is 6.71. The standard InChI is InChI=1S/C17H20ClFN2O2/c1-9(2)7-14-15(17(22)23)16(10(3)4)21(20-14)11-5-6-13(19)12(18)8-11/h5-6,8-10H,7H2,1-4H3,(H,22,23). The summed E-state index contributed by atoms with van der Waals surface area (Å²) in [6.45, 7) is 7.83. The molecule has 1 aromatic carbocycles. The number of nitrogens with zero attached hydrogens (tertiary/aromatic N) is 2. The van der Waals surface area contributed by atoms with Crippen LogP contribution in [0.25, 0.3) is 5.69 Å². The highest BCUT2D eigenvalue weighted by Crippen LogP contribution is 2.29. The number of benzene rings is 1. The zero-order valence-corrected chi connectivity index (χ0v) is 14.4. The summed E-state index contributed by atoms with van der Waals surface area (Å²) in [5, 5.41) is 14.1. The lowest BCUT2D eigenvalue weighted by Crippen LogP contribution is -2.09. The lowest BCUT2D eigenvalue weighted by atomic mass is 9.99. The summed E-state index contributed by atoms with van der Waals surface area (Å²) >= 11 is 5.86. The molecule has 0 fully saturated rings. The third-order valence-corrected chi connectivity index (χ3v) is 3.79. The first-order chi connectivity index (χ1) is 10.7. The van der Waals surface area contributed by atoms with Gasteiger partial charge < -0.3 is 5.11 Å². The predicted octanol–water partition coefficient (Wildman–Crippen LogP) is 4.68. The second-order valence-electron chi connectivity index (χ2n) is 6.27. The van der Waals surface area contributed by atoms with Gasteiger partial charge in [0, 0.05) is 0 Å². The summed E-state index contributed by atoms with van der Waals surface area (Å²) in [6, 6.07) is 4.26. The topological polar surface area (TPSA) is 55.1 Å². The first kappa shape index (κ1) is 17.5. The molecule has 0 unspecified atom stereocenters. The van der Waals surface area contributed by atoms with E-state index in [-0.39, 0.29) is 22.4 Å². The van der Waals surface area contributed by atoms with Gasteiger partial charge in [-0.2, -0.15) is 5.10 Å². The van der Waals surface area contributed by atoms with Crippen molar-refractivity contribution in [2.24, 2.45) is 5.92 Å². The molecule has 0 amide bonds. The van der Waals surface area contributed by atoms with E-state index in [1.54, 1.807) is 10.7 Å². The number of hydrogen-bond donors (Lipinski definition) is 1. The minimum absolute atomic E-state index is 0.0185. The molecule has 0 atom stereocenters. The van der Waals surface area contributed by atoms with E-state index < -0.39 is 11.8 Å². The molecule has 1 aromatic heterocycles. The average molecular weight is 339 g/mol. The Morgan fingerprint density at radius 1 is 1.35 bits per heavy atom. The number of hydrogen-bond acceptors (Lipinski definition) is 2. The molecule has 2 rings (SSSR count). The number of aromatic carboxylic acids is 1. The molecule has 1 N–H and O–H groups in total. The molecule has 0 spiro atoms. The molecule has 0 saturated heterocycles. The summed E-state index contributed by atoms with van der Waals surface area (Å²) in [5.74, 6) is -1.30. The molecule has 0 saturated carbocycles. The van der Waals surface area contributed by atoms with Gasteiger partial charge in [0.2, 0.25) is 0 Å². The molecule has 0 aliphatic heterocycles. The molecule has 4 nitrogen and oxygen atoms in total. The molecule has 0 bridgehead atoms. The summed E-state index contributed by atoms with van der Waals surface area (Å²) in [6.07, 6.45) is 0.559. The normalized spacial score (nSPS) is 11.5. The van der Waals surface area contributed by atoms with Crippen LogP contribution in [0.2, 0.25) is 5.02 Å². The third kappa shape index (κ3) is 3.55. The highest BCUT2D eigenvalue weighted by atomic mass is 35.5. The fourth-order valence-corrected chi connectivity index (χ4v) is 2.76. The van der Waals surface area contributed by atoms with Crippen LogP contribution in [0.15, 0.2) is 18.2 Å². The number of carboxylic acids is 1. The van der Waals surface area contributed by atoms with E-state index in [2.05, 4.69) is 5.10 Å². The zero-order valence-electron chi connectivity index (χ0n) is 13.6. The quantitative estimate of drug-likeness (QED) is 0.860. The number of aromatic nitrogens is 2. The second-order valence-corrected chi connectivity index (χ2v) is 6.68. The highest BCUT2D eigenvalue weighted by molar-refractivity contribution is 6.30. The van der Waals surface area contributed by atoms with Gasteiger partial charge in [-0.1, -0.05) is 39.3 Å². The maximum atomic E-state index is 13.4. The van der Waals surface area contributed by atoms with Crippen molar-refractivity contribution in [3.63, 3.8) is 0 Å². The van der Waals surface area contributed by atoms with Crippen LogP contribution >= 0.6 is 11.6 Å². The van der Waals surface area contributed by atoms with Gasteiger partial charge in [-0.15, -0.1) is 0 Å². The minimum Gasteiger partial charge on any atom is -0.478 e. The number of halogens is 2. The smallest absolute Gasteiger partial charge is 0.339 e. The Morgan fingerprint density at radius 2 is 2.00 bits per heavy atom. The Bertz CT molecular complexity index is 738. The van der Waals surface area contributed by atoms with Crippen molar-refractivity contribution < 1.29 is 14.3 Å². The Morgan fingerprint density at radius 3 is 2.48 bits per heavy atom. The fraction of sp³-hybridized carbons (Fsp3) is 0.412. The summed E-state index contributed by atoms with van der Waals surface area (Å²) in [4.78, 5) is 11.8. The largest absolute Gasteiger partial charge is 0.478 e. The van der Waals surface area contributed by atoms with Crippen molar-refractivity contribution >= 4 is 17.6 Å². The first-order valence-electron chi connectivity index (χ1n) is 7.52. The maximum absolute atomic E-state index is 13.4. The van der Waals surface area contributed by atoms with E-state index in [1.165, 1.54) is 12.1 Å². The molecule has 2 aromatic rings. The van der Waals surface area contributed by atoms with Crippen LogP contribution in [0.3, 0.4) is 0 Å². The Balaban J connectivity index is 2.71. The number of rotatable bonds is 5. The molecule has 23 heavy (non-hydrogen) atoms. The lowest BCUT2D eigenvalue weighted by molar-refractivity contribution is 0.0694. The van der Waals surface area contributed by atoms with E-state index in [0.29, 0.717) is 23.5 Å². The lowest BCUT2D eigenvalue weighted by Gasteiger charge is -2.12. The van der Waals surface area contributed by atoms with Gasteiger partial charge in [0.05, 0.1) is 22.1 Å². The van der Waals surface area contributed by atoms with Crippen LogP contribution in [0.5, 0.6) is 0 Å². The number of carboxylic acid groups (broad SMARTS) is 1. The highest BCUT2D eigenvalue weighted by Gasteiger charge is 2.26. The van der Waals surface area contributed by atoms with Crippen LogP contribution in [0.4, 0.5) is 4.39 Å². The first-order valence-corrected chi connectivity index (χ1v) is 7.90. The van der Waals surface area contributed by atoms with Crippen LogP contribution in [0.1, 0.15) is 55.4 Å². The fourth-order valence-electron chi connectivity index (χ4n) is 2.59. The molecular weight excluding hydrogens is 319 g/mol. The average Bonchev–Trinajstić information content (AvgIpc) is 2.80. The Kier molecular flexibility index (Phi) is 5.09. The van der Waals surface area contributed by atoms with Crippen molar-refractivity contribution in [3.8, 4) is 5.69 Å².